The summed E-state index contributed by atoms with van der Waals surface area (Å²) in [6.45, 7) is 7.00. The van der Waals surface area contributed by atoms with Crippen molar-refractivity contribution in [1.29, 1.82) is 0 Å². The Morgan fingerprint density at radius 2 is 1.14 bits per heavy atom. The summed E-state index contributed by atoms with van der Waals surface area (Å²) in [6, 6.07) is 0. The van der Waals surface area contributed by atoms with Gasteiger partial charge in [0.15, 0.2) is 0 Å². The van der Waals surface area contributed by atoms with Crippen molar-refractivity contribution in [2.24, 2.45) is 0 Å². The van der Waals surface area contributed by atoms with Crippen LogP contribution in [0.25, 0.3) is 0 Å². The van der Waals surface area contributed by atoms with Gasteiger partial charge < -0.3 is 21.7 Å². The minimum atomic E-state index is -2.17. The molecule has 0 aliphatic carbocycles. The summed E-state index contributed by atoms with van der Waals surface area (Å²) in [5.41, 5.74) is 0. The monoisotopic (exact) mass is 128 g/mol. The Labute approximate surface area is 85.7 Å². The van der Waals surface area contributed by atoms with E-state index in [-0.39, 0.29) is 51.4 Å². The Kier molecular flexibility index (Phi) is 35.3. The zero-order valence-corrected chi connectivity index (χ0v) is 7.33. The molecule has 3 nitrogen and oxygen atoms in total. The van der Waals surface area contributed by atoms with Crippen molar-refractivity contribution in [3.05, 3.63) is 13.2 Å². The quantitative estimate of drug-likeness (QED) is 0.228. The van der Waals surface area contributed by atoms with Crippen LogP contribution in [0.15, 0.2) is 6.58 Å². The van der Waals surface area contributed by atoms with Gasteiger partial charge in [-0.05, 0) is 0 Å². The van der Waals surface area contributed by atoms with E-state index in [1.165, 1.54) is 0 Å². The first-order chi connectivity index (χ1) is 2.73. The van der Waals surface area contributed by atoms with Crippen LogP contribution in [0.4, 0.5) is 0 Å². The molecule has 0 aromatic rings. The summed E-state index contributed by atoms with van der Waals surface area (Å²) in [5.74, 6) is 0. The third-order valence-electron chi connectivity index (χ3n) is 0. The van der Waals surface area contributed by atoms with Gasteiger partial charge in [-0.3, -0.25) is 6.58 Å². The first-order valence-electron chi connectivity index (χ1n) is 1.18. The molecule has 0 fully saturated rings. The average Bonchev–Trinajstić information content (AvgIpc) is 1.41. The smallest absolute Gasteiger partial charge is 0.521 e. The van der Waals surface area contributed by atoms with Crippen LogP contribution in [0, 0.1) is 6.58 Å². The molecule has 3 N–H and O–H groups in total. The van der Waals surface area contributed by atoms with Crippen molar-refractivity contribution in [2.45, 2.75) is 0 Å². The maximum absolute atomic E-state index is 7.17. The van der Waals surface area contributed by atoms with E-state index >= 15 is 0 Å². The van der Waals surface area contributed by atoms with Gasteiger partial charge in [-0.2, -0.15) is 0 Å². The van der Waals surface area contributed by atoms with E-state index < -0.39 is 7.32 Å². The topological polar surface area (TPSA) is 60.7 Å². The summed E-state index contributed by atoms with van der Waals surface area (Å²) in [5, 5.41) is 21.5. The predicted octanol–water partition coefficient (Wildman–Crippen LogP) is -4.44. The SMILES string of the molecule is OB(O)O.[CH-]=C.[K+]. The molecule has 0 radical (unpaired) electrons. The van der Waals surface area contributed by atoms with E-state index in [1.807, 2.05) is 0 Å². The molecule has 0 aliphatic heterocycles. The molecular weight excluding hydrogens is 122 g/mol. The molecule has 0 bridgehead atoms. The molecule has 0 unspecified atom stereocenters. The van der Waals surface area contributed by atoms with Gasteiger partial charge in [-0.15, -0.1) is 0 Å². The normalized spacial score (nSPS) is 4.43. The molecule has 0 atom stereocenters. The van der Waals surface area contributed by atoms with Gasteiger partial charge in [0.2, 0.25) is 0 Å². The van der Waals surface area contributed by atoms with Crippen LogP contribution in [0.2, 0.25) is 0 Å². The molecule has 0 spiro atoms. The summed E-state index contributed by atoms with van der Waals surface area (Å²) >= 11 is 0. The fourth-order valence-corrected chi connectivity index (χ4v) is 0. The summed E-state index contributed by atoms with van der Waals surface area (Å²) in [4.78, 5) is 0. The third kappa shape index (κ3) is 119. The molecule has 0 heterocycles. The Morgan fingerprint density at radius 1 is 1.14 bits per heavy atom. The van der Waals surface area contributed by atoms with Gasteiger partial charge >= 0.3 is 58.7 Å². The van der Waals surface area contributed by atoms with Crippen LogP contribution >= 0.6 is 0 Å². The third-order valence-corrected chi connectivity index (χ3v) is 0. The average molecular weight is 128 g/mol. The maximum Gasteiger partial charge on any atom is 1.00 e. The Morgan fingerprint density at radius 3 is 1.14 bits per heavy atom. The van der Waals surface area contributed by atoms with Crippen molar-refractivity contribution >= 4 is 7.32 Å². The molecule has 7 heavy (non-hydrogen) atoms. The number of hydrogen-bond acceptors (Lipinski definition) is 3. The summed E-state index contributed by atoms with van der Waals surface area (Å²) in [7, 11) is -2.17. The molecule has 0 rings (SSSR count). The van der Waals surface area contributed by atoms with Crippen molar-refractivity contribution in [1.82, 2.24) is 0 Å². The second-order valence-corrected chi connectivity index (χ2v) is 0.346. The fourth-order valence-electron chi connectivity index (χ4n) is 0. The molecule has 0 aromatic heterocycles. The molecule has 36 valence electrons. The summed E-state index contributed by atoms with van der Waals surface area (Å²) < 4.78 is 0. The van der Waals surface area contributed by atoms with E-state index in [1.54, 1.807) is 0 Å². The van der Waals surface area contributed by atoms with Crippen LogP contribution in [0.3, 0.4) is 0 Å². The Bertz CT molecular complexity index is 24.1. The van der Waals surface area contributed by atoms with E-state index in [2.05, 4.69) is 13.2 Å². The second-order valence-electron chi connectivity index (χ2n) is 0.346. The molecule has 5 heteroatoms. The Balaban J connectivity index is -0.0000000480. The van der Waals surface area contributed by atoms with Crippen LogP contribution < -0.4 is 51.4 Å². The minimum absolute atomic E-state index is 0. The number of hydrogen-bond donors (Lipinski definition) is 3. The second kappa shape index (κ2) is 15.7. The van der Waals surface area contributed by atoms with Crippen molar-refractivity contribution < 1.29 is 66.5 Å². The van der Waals surface area contributed by atoms with E-state index in [0.29, 0.717) is 0 Å². The van der Waals surface area contributed by atoms with Gasteiger partial charge in [0, 0.05) is 0 Å². The number of rotatable bonds is 0. The molecule has 0 saturated carbocycles. The van der Waals surface area contributed by atoms with Gasteiger partial charge in [0.25, 0.3) is 0 Å². The maximum atomic E-state index is 7.17. The van der Waals surface area contributed by atoms with Crippen LogP contribution in [0.1, 0.15) is 0 Å². The first-order valence-corrected chi connectivity index (χ1v) is 1.18. The molecule has 0 amide bonds. The van der Waals surface area contributed by atoms with E-state index in [0.717, 1.165) is 0 Å². The van der Waals surface area contributed by atoms with Gasteiger partial charge in [0.05, 0.1) is 0 Å². The van der Waals surface area contributed by atoms with Gasteiger partial charge in [-0.25, -0.2) is 0 Å². The standard InChI is InChI=1S/C2H3.BH3O3.K/c1-2;2-1(3)4;/h1H,2H2;2-4H;/q-1;;+1. The fraction of sp³-hybridized carbons (Fsp3) is 0. The van der Waals surface area contributed by atoms with Crippen molar-refractivity contribution in [2.75, 3.05) is 0 Å². The molecular formula is C2H6BKO3. The van der Waals surface area contributed by atoms with Crippen LogP contribution in [-0.4, -0.2) is 22.4 Å². The van der Waals surface area contributed by atoms with Gasteiger partial charge in [-0.1, -0.05) is 0 Å². The first kappa shape index (κ1) is 15.8. The predicted molar refractivity (Wildman–Crippen MR) is 22.3 cm³/mol. The zero-order valence-electron chi connectivity index (χ0n) is 4.20. The summed E-state index contributed by atoms with van der Waals surface area (Å²) in [6.07, 6.45) is 0. The molecule has 0 aromatic carbocycles. The minimum Gasteiger partial charge on any atom is -0.521 e. The van der Waals surface area contributed by atoms with E-state index in [9.17, 15) is 0 Å². The van der Waals surface area contributed by atoms with Crippen LogP contribution in [0.5, 0.6) is 0 Å². The molecule has 0 aliphatic rings. The Hall–Kier alpha value is 1.32. The zero-order chi connectivity index (χ0) is 5.58. The van der Waals surface area contributed by atoms with E-state index in [4.69, 9.17) is 15.1 Å². The van der Waals surface area contributed by atoms with Crippen molar-refractivity contribution in [3.8, 4) is 0 Å². The van der Waals surface area contributed by atoms with Crippen molar-refractivity contribution in [3.63, 3.8) is 0 Å². The van der Waals surface area contributed by atoms with Crippen LogP contribution in [-0.2, 0) is 0 Å². The van der Waals surface area contributed by atoms with Gasteiger partial charge in [0.1, 0.15) is 0 Å². The largest absolute Gasteiger partial charge is 1.00 e. The molecule has 0 saturated heterocycles.